The first-order valence-corrected chi connectivity index (χ1v) is 8.00. The van der Waals surface area contributed by atoms with Gasteiger partial charge in [-0.05, 0) is 25.1 Å². The minimum Gasteiger partial charge on any atom is -0.465 e. The molecule has 0 bridgehead atoms. The molecule has 0 spiro atoms. The Labute approximate surface area is 121 Å². The molecule has 2 aromatic rings. The van der Waals surface area contributed by atoms with E-state index in [9.17, 15) is 13.2 Å². The van der Waals surface area contributed by atoms with Crippen LogP contribution in [0.4, 0.5) is 5.69 Å². The van der Waals surface area contributed by atoms with E-state index in [1.807, 2.05) is 0 Å². The maximum atomic E-state index is 12.3. The van der Waals surface area contributed by atoms with Crippen LogP contribution in [0.3, 0.4) is 0 Å². The number of ether oxygens (including phenoxy) is 1. The van der Waals surface area contributed by atoms with Gasteiger partial charge in [0.1, 0.15) is 9.77 Å². The molecule has 0 aliphatic rings. The van der Waals surface area contributed by atoms with E-state index in [0.29, 0.717) is 5.69 Å². The van der Waals surface area contributed by atoms with Crippen molar-refractivity contribution in [2.75, 3.05) is 11.8 Å². The average molecular weight is 311 g/mol. The zero-order valence-corrected chi connectivity index (χ0v) is 12.5. The SMILES string of the molecule is COC(=O)c1sc(C)cc1S(=O)(=O)Nc1ccccc1. The number of rotatable bonds is 4. The number of methoxy groups -OCH3 is 1. The van der Waals surface area contributed by atoms with E-state index in [2.05, 4.69) is 9.46 Å². The standard InChI is InChI=1S/C13H13NO4S2/c1-9-8-11(12(19-9)13(15)18-2)20(16,17)14-10-6-4-3-5-7-10/h3-8,14H,1-2H3. The van der Waals surface area contributed by atoms with Crippen LogP contribution in [-0.4, -0.2) is 21.5 Å². The summed E-state index contributed by atoms with van der Waals surface area (Å²) in [5.41, 5.74) is 0.437. The van der Waals surface area contributed by atoms with Gasteiger partial charge in [0.2, 0.25) is 0 Å². The molecule has 0 saturated carbocycles. The Hall–Kier alpha value is -1.86. The molecule has 1 N–H and O–H groups in total. The summed E-state index contributed by atoms with van der Waals surface area (Å²) in [5.74, 6) is -0.656. The van der Waals surface area contributed by atoms with Gasteiger partial charge < -0.3 is 4.74 Å². The maximum absolute atomic E-state index is 12.3. The van der Waals surface area contributed by atoms with Crippen LogP contribution in [0.5, 0.6) is 0 Å². The van der Waals surface area contributed by atoms with Crippen molar-refractivity contribution in [3.05, 3.63) is 46.2 Å². The fourth-order valence-electron chi connectivity index (χ4n) is 1.64. The third-order valence-corrected chi connectivity index (χ3v) is 5.07. The highest BCUT2D eigenvalue weighted by atomic mass is 32.2. The van der Waals surface area contributed by atoms with Crippen molar-refractivity contribution in [1.29, 1.82) is 0 Å². The van der Waals surface area contributed by atoms with Crippen LogP contribution in [0.15, 0.2) is 41.3 Å². The normalized spacial score (nSPS) is 11.1. The van der Waals surface area contributed by atoms with Gasteiger partial charge >= 0.3 is 5.97 Å². The number of hydrogen-bond acceptors (Lipinski definition) is 5. The number of thiophene rings is 1. The summed E-state index contributed by atoms with van der Waals surface area (Å²) >= 11 is 1.09. The molecule has 106 valence electrons. The van der Waals surface area contributed by atoms with Gasteiger partial charge in [-0.1, -0.05) is 18.2 Å². The number of anilines is 1. The van der Waals surface area contributed by atoms with Crippen molar-refractivity contribution in [3.63, 3.8) is 0 Å². The van der Waals surface area contributed by atoms with Gasteiger partial charge in [0.25, 0.3) is 10.0 Å². The molecule has 2 rings (SSSR count). The highest BCUT2D eigenvalue weighted by Crippen LogP contribution is 2.28. The monoisotopic (exact) mass is 311 g/mol. The van der Waals surface area contributed by atoms with E-state index >= 15 is 0 Å². The van der Waals surface area contributed by atoms with Crippen molar-refractivity contribution in [2.24, 2.45) is 0 Å². The van der Waals surface area contributed by atoms with E-state index in [1.54, 1.807) is 37.3 Å². The lowest BCUT2D eigenvalue weighted by Gasteiger charge is -2.07. The number of carbonyl (C=O) groups excluding carboxylic acids is 1. The van der Waals surface area contributed by atoms with Gasteiger partial charge in [0, 0.05) is 10.6 Å². The minimum absolute atomic E-state index is 0.0595. The van der Waals surface area contributed by atoms with Gasteiger partial charge in [-0.2, -0.15) is 0 Å². The van der Waals surface area contributed by atoms with Crippen LogP contribution >= 0.6 is 11.3 Å². The Kier molecular flexibility index (Phi) is 4.10. The highest BCUT2D eigenvalue weighted by molar-refractivity contribution is 7.93. The number of nitrogens with one attached hydrogen (secondary N) is 1. The Bertz CT molecular complexity index is 720. The number of aryl methyl sites for hydroxylation is 1. The summed E-state index contributed by atoms with van der Waals surface area (Å²) < 4.78 is 31.7. The molecular weight excluding hydrogens is 298 g/mol. The van der Waals surface area contributed by atoms with E-state index in [1.165, 1.54) is 13.2 Å². The fraction of sp³-hybridized carbons (Fsp3) is 0.154. The largest absolute Gasteiger partial charge is 0.465 e. The van der Waals surface area contributed by atoms with Crippen molar-refractivity contribution in [2.45, 2.75) is 11.8 Å². The van der Waals surface area contributed by atoms with Crippen LogP contribution in [0.2, 0.25) is 0 Å². The number of para-hydroxylation sites is 1. The Morgan fingerprint density at radius 2 is 1.90 bits per heavy atom. The zero-order chi connectivity index (χ0) is 14.8. The molecule has 7 heteroatoms. The molecule has 1 heterocycles. The first kappa shape index (κ1) is 14.5. The fourth-order valence-corrected chi connectivity index (χ4v) is 4.21. The van der Waals surface area contributed by atoms with Gasteiger partial charge in [-0.3, -0.25) is 4.72 Å². The lowest BCUT2D eigenvalue weighted by Crippen LogP contribution is -2.15. The van der Waals surface area contributed by atoms with Crippen molar-refractivity contribution >= 4 is 33.0 Å². The number of benzene rings is 1. The number of sulfonamides is 1. The third-order valence-electron chi connectivity index (χ3n) is 2.51. The Balaban J connectivity index is 2.42. The number of esters is 1. The second kappa shape index (κ2) is 5.64. The van der Waals surface area contributed by atoms with E-state index < -0.39 is 16.0 Å². The average Bonchev–Trinajstić information content (AvgIpc) is 2.81. The van der Waals surface area contributed by atoms with Gasteiger partial charge in [0.05, 0.1) is 7.11 Å². The van der Waals surface area contributed by atoms with Crippen molar-refractivity contribution in [1.82, 2.24) is 0 Å². The number of carbonyl (C=O) groups is 1. The predicted molar refractivity (Wildman–Crippen MR) is 77.6 cm³/mol. The molecule has 1 aromatic carbocycles. The molecule has 1 aromatic heterocycles. The summed E-state index contributed by atoms with van der Waals surface area (Å²) in [5, 5.41) is 0. The molecule has 5 nitrogen and oxygen atoms in total. The molecule has 0 saturated heterocycles. The first-order chi connectivity index (χ1) is 9.44. The van der Waals surface area contributed by atoms with Gasteiger partial charge in [0.15, 0.2) is 0 Å². The zero-order valence-electron chi connectivity index (χ0n) is 10.9. The molecular formula is C13H13NO4S2. The quantitative estimate of drug-likeness (QED) is 0.881. The lowest BCUT2D eigenvalue weighted by molar-refractivity contribution is 0.0602. The lowest BCUT2D eigenvalue weighted by atomic mass is 10.3. The molecule has 0 unspecified atom stereocenters. The molecule has 0 amide bonds. The predicted octanol–water partition coefficient (Wildman–Crippen LogP) is 2.64. The van der Waals surface area contributed by atoms with Crippen LogP contribution < -0.4 is 4.72 Å². The molecule has 0 fully saturated rings. The third kappa shape index (κ3) is 3.00. The minimum atomic E-state index is -3.82. The second-order valence-electron chi connectivity index (χ2n) is 4.01. The number of hydrogen-bond donors (Lipinski definition) is 1. The topological polar surface area (TPSA) is 72.5 Å². The molecule has 0 radical (unpaired) electrons. The van der Waals surface area contributed by atoms with E-state index in [-0.39, 0.29) is 9.77 Å². The second-order valence-corrected chi connectivity index (χ2v) is 6.92. The molecule has 0 aliphatic carbocycles. The Morgan fingerprint density at radius 3 is 2.50 bits per heavy atom. The van der Waals surface area contributed by atoms with Crippen LogP contribution in [0, 0.1) is 6.92 Å². The summed E-state index contributed by atoms with van der Waals surface area (Å²) in [7, 11) is -2.60. The summed E-state index contributed by atoms with van der Waals surface area (Å²) in [6, 6.07) is 9.95. The van der Waals surface area contributed by atoms with E-state index in [4.69, 9.17) is 0 Å². The smallest absolute Gasteiger partial charge is 0.349 e. The van der Waals surface area contributed by atoms with Crippen LogP contribution in [0.1, 0.15) is 14.5 Å². The maximum Gasteiger partial charge on any atom is 0.349 e. The van der Waals surface area contributed by atoms with Gasteiger partial charge in [-0.25, -0.2) is 13.2 Å². The molecule has 0 aliphatic heterocycles. The summed E-state index contributed by atoms with van der Waals surface area (Å²) in [4.78, 5) is 12.4. The van der Waals surface area contributed by atoms with Crippen molar-refractivity contribution < 1.29 is 17.9 Å². The molecule has 0 atom stereocenters. The first-order valence-electron chi connectivity index (χ1n) is 5.70. The van der Waals surface area contributed by atoms with Crippen LogP contribution in [0.25, 0.3) is 0 Å². The molecule has 20 heavy (non-hydrogen) atoms. The van der Waals surface area contributed by atoms with Gasteiger partial charge in [-0.15, -0.1) is 11.3 Å². The van der Waals surface area contributed by atoms with Crippen LogP contribution in [-0.2, 0) is 14.8 Å². The Morgan fingerprint density at radius 1 is 1.25 bits per heavy atom. The summed E-state index contributed by atoms with van der Waals surface area (Å²) in [6.07, 6.45) is 0. The highest BCUT2D eigenvalue weighted by Gasteiger charge is 2.26. The summed E-state index contributed by atoms with van der Waals surface area (Å²) in [6.45, 7) is 1.73. The van der Waals surface area contributed by atoms with Crippen molar-refractivity contribution in [3.8, 4) is 0 Å². The van der Waals surface area contributed by atoms with E-state index in [0.717, 1.165) is 16.2 Å².